The molecule has 3 aromatic rings. The van der Waals surface area contributed by atoms with Crippen molar-refractivity contribution in [1.82, 2.24) is 0 Å². The molecule has 2 amide bonds. The van der Waals surface area contributed by atoms with Crippen molar-refractivity contribution in [2.45, 2.75) is 23.6 Å². The van der Waals surface area contributed by atoms with Crippen LogP contribution in [0.3, 0.4) is 0 Å². The highest BCUT2D eigenvalue weighted by atomic mass is 32.2. The van der Waals surface area contributed by atoms with E-state index in [0.717, 1.165) is 18.8 Å². The van der Waals surface area contributed by atoms with Crippen LogP contribution in [0.2, 0.25) is 0 Å². The van der Waals surface area contributed by atoms with Crippen LogP contribution in [-0.2, 0) is 11.0 Å². The van der Waals surface area contributed by atoms with Crippen molar-refractivity contribution in [2.75, 3.05) is 28.0 Å². The predicted octanol–water partition coefficient (Wildman–Crippen LogP) is 5.12. The molecule has 3 aromatic carbocycles. The van der Waals surface area contributed by atoms with Crippen LogP contribution in [0.4, 0.5) is 17.1 Å². The highest BCUT2D eigenvalue weighted by Crippen LogP contribution is 2.23. The first-order valence-electron chi connectivity index (χ1n) is 10.5. The normalized spacial score (nSPS) is 11.4. The molecule has 0 saturated heterocycles. The van der Waals surface area contributed by atoms with Crippen LogP contribution < -0.4 is 14.9 Å². The Kier molecular flexibility index (Phi) is 8.55. The molecule has 0 aliphatic carbocycles. The fraction of sp³-hybridized carbons (Fsp3) is 0.167. The minimum atomic E-state index is -1.61. The van der Waals surface area contributed by atoms with Crippen LogP contribution in [0.25, 0.3) is 0 Å². The van der Waals surface area contributed by atoms with Crippen LogP contribution in [0.15, 0.2) is 81.7 Å². The van der Waals surface area contributed by atoms with Crippen molar-refractivity contribution in [3.8, 4) is 0 Å². The molecule has 176 valence electrons. The second-order valence-electron chi connectivity index (χ2n) is 7.20. The largest absolute Gasteiger partial charge is 0.372 e. The predicted molar refractivity (Wildman–Crippen MR) is 138 cm³/mol. The van der Waals surface area contributed by atoms with Gasteiger partial charge in [0.25, 0.3) is 5.91 Å². The Hall–Kier alpha value is -3.50. The van der Waals surface area contributed by atoms with E-state index in [1.54, 1.807) is 24.3 Å². The van der Waals surface area contributed by atoms with Crippen LogP contribution in [0, 0.1) is 4.91 Å². The summed E-state index contributed by atoms with van der Waals surface area (Å²) in [5.41, 5.74) is 2.06. The van der Waals surface area contributed by atoms with Crippen molar-refractivity contribution in [1.29, 1.82) is 0 Å². The van der Waals surface area contributed by atoms with Crippen molar-refractivity contribution >= 4 is 52.5 Å². The van der Waals surface area contributed by atoms with Gasteiger partial charge in [-0.05, 0) is 74.5 Å². The minimum Gasteiger partial charge on any atom is -0.372 e. The summed E-state index contributed by atoms with van der Waals surface area (Å²) >= 11 is 4.15. The van der Waals surface area contributed by atoms with E-state index in [1.807, 2.05) is 24.3 Å². The van der Waals surface area contributed by atoms with Gasteiger partial charge in [0.15, 0.2) is 0 Å². The summed E-state index contributed by atoms with van der Waals surface area (Å²) < 4.78 is 15.8. The number of hydrogen-bond donors (Lipinski definition) is 3. The number of carbonyl (C=O) groups is 2. The molecule has 0 heterocycles. The highest BCUT2D eigenvalue weighted by molar-refractivity contribution is 7.86. The molecule has 10 heteroatoms. The smallest absolute Gasteiger partial charge is 0.318 e. The van der Waals surface area contributed by atoms with Crippen LogP contribution in [-0.4, -0.2) is 29.1 Å². The van der Waals surface area contributed by atoms with Gasteiger partial charge in [-0.25, -0.2) is 4.21 Å². The molecular weight excluding hydrogens is 472 g/mol. The number of nitroso groups, excluding NO2 is 1. The standard InChI is InChI=1S/C24H24N4O4S2/c1-3-28(4-2)18-10-8-17(9-11-18)27-34(32)20-7-5-6-16(14-20)23(29)25-22-13-12-19(33)15-21(22)24(30)26-31/h5-15,27,33H,3-4H2,1-2H3,(H,25,29). The summed E-state index contributed by atoms with van der Waals surface area (Å²) in [7, 11) is -1.61. The lowest BCUT2D eigenvalue weighted by molar-refractivity contribution is 0.100. The van der Waals surface area contributed by atoms with E-state index in [1.165, 1.54) is 18.2 Å². The monoisotopic (exact) mass is 496 g/mol. The van der Waals surface area contributed by atoms with Crippen LogP contribution >= 0.6 is 12.6 Å². The lowest BCUT2D eigenvalue weighted by Crippen LogP contribution is -2.21. The number of thiol groups is 1. The van der Waals surface area contributed by atoms with E-state index in [2.05, 4.69) is 46.6 Å². The number of amides is 2. The molecule has 3 rings (SSSR count). The molecule has 0 radical (unpaired) electrons. The molecule has 0 saturated carbocycles. The summed E-state index contributed by atoms with van der Waals surface area (Å²) in [6, 6.07) is 18.3. The van der Waals surface area contributed by atoms with E-state index in [9.17, 15) is 18.7 Å². The molecule has 0 aromatic heterocycles. The Labute approximate surface area is 205 Å². The molecule has 34 heavy (non-hydrogen) atoms. The fourth-order valence-corrected chi connectivity index (χ4v) is 4.42. The van der Waals surface area contributed by atoms with Gasteiger partial charge >= 0.3 is 5.91 Å². The topological polar surface area (TPSA) is 108 Å². The molecule has 2 N–H and O–H groups in total. The molecular formula is C24H24N4O4S2. The van der Waals surface area contributed by atoms with Gasteiger partial charge in [0.2, 0.25) is 0 Å². The van der Waals surface area contributed by atoms with Gasteiger partial charge in [0.1, 0.15) is 11.0 Å². The van der Waals surface area contributed by atoms with E-state index in [0.29, 0.717) is 15.5 Å². The van der Waals surface area contributed by atoms with Gasteiger partial charge in [-0.1, -0.05) is 6.07 Å². The number of rotatable bonds is 9. The van der Waals surface area contributed by atoms with E-state index < -0.39 is 22.8 Å². The summed E-state index contributed by atoms with van der Waals surface area (Å²) in [6.07, 6.45) is 0. The maximum atomic E-state index is 12.9. The molecule has 0 fully saturated rings. The number of anilines is 3. The average Bonchev–Trinajstić information content (AvgIpc) is 2.86. The first-order chi connectivity index (χ1) is 16.4. The molecule has 8 nitrogen and oxygen atoms in total. The Morgan fingerprint density at radius 3 is 2.35 bits per heavy atom. The van der Waals surface area contributed by atoms with Crippen LogP contribution in [0.1, 0.15) is 34.6 Å². The summed E-state index contributed by atoms with van der Waals surface area (Å²) in [5, 5.41) is 5.01. The zero-order valence-electron chi connectivity index (χ0n) is 18.6. The number of benzene rings is 3. The third kappa shape index (κ3) is 6.09. The minimum absolute atomic E-state index is 0.0644. The van der Waals surface area contributed by atoms with Gasteiger partial charge in [0, 0.05) is 40.1 Å². The second-order valence-corrected chi connectivity index (χ2v) is 8.93. The third-order valence-electron chi connectivity index (χ3n) is 5.08. The Morgan fingerprint density at radius 2 is 1.71 bits per heavy atom. The first kappa shape index (κ1) is 25.1. The lowest BCUT2D eigenvalue weighted by atomic mass is 10.1. The Balaban J connectivity index is 1.75. The number of nitrogens with one attached hydrogen (secondary N) is 2. The fourth-order valence-electron chi connectivity index (χ4n) is 3.31. The second kappa shape index (κ2) is 11.6. The molecule has 0 aliphatic heterocycles. The van der Waals surface area contributed by atoms with Gasteiger partial charge in [-0.2, -0.15) is 0 Å². The van der Waals surface area contributed by atoms with E-state index in [-0.39, 0.29) is 16.8 Å². The SMILES string of the molecule is CCN(CC)c1ccc(NS(=O)c2cccc(C(=O)Nc3ccc(S)cc3C(=O)N=O)c2)cc1. The van der Waals surface area contributed by atoms with Crippen LogP contribution in [0.5, 0.6) is 0 Å². The molecule has 0 aliphatic rings. The molecule has 1 unspecified atom stereocenters. The maximum Gasteiger partial charge on any atom is 0.318 e. The summed E-state index contributed by atoms with van der Waals surface area (Å²) in [4.78, 5) is 38.3. The lowest BCUT2D eigenvalue weighted by Gasteiger charge is -2.21. The average molecular weight is 497 g/mol. The Morgan fingerprint density at radius 1 is 1.00 bits per heavy atom. The maximum absolute atomic E-state index is 12.9. The Bertz CT molecular complexity index is 1230. The van der Waals surface area contributed by atoms with E-state index in [4.69, 9.17) is 0 Å². The van der Waals surface area contributed by atoms with Crippen molar-refractivity contribution in [2.24, 2.45) is 5.18 Å². The third-order valence-corrected chi connectivity index (χ3v) is 6.46. The van der Waals surface area contributed by atoms with Crippen molar-refractivity contribution < 1.29 is 13.8 Å². The summed E-state index contributed by atoms with van der Waals surface area (Å²) in [5.74, 6) is -1.55. The zero-order valence-corrected chi connectivity index (χ0v) is 20.4. The molecule has 0 spiro atoms. The zero-order chi connectivity index (χ0) is 24.7. The van der Waals surface area contributed by atoms with Gasteiger partial charge < -0.3 is 14.9 Å². The number of nitrogens with zero attached hydrogens (tertiary/aromatic N) is 2. The molecule has 1 atom stereocenters. The van der Waals surface area contributed by atoms with Crippen molar-refractivity contribution in [3.63, 3.8) is 0 Å². The van der Waals surface area contributed by atoms with Gasteiger partial charge in [0.05, 0.1) is 16.1 Å². The van der Waals surface area contributed by atoms with Gasteiger partial charge in [-0.3, -0.25) is 9.59 Å². The van der Waals surface area contributed by atoms with Gasteiger partial charge in [-0.15, -0.1) is 17.5 Å². The van der Waals surface area contributed by atoms with E-state index >= 15 is 0 Å². The quantitative estimate of drug-likeness (QED) is 0.282. The summed E-state index contributed by atoms with van der Waals surface area (Å²) in [6.45, 7) is 5.95. The highest BCUT2D eigenvalue weighted by Gasteiger charge is 2.16. The van der Waals surface area contributed by atoms with Crippen molar-refractivity contribution in [3.05, 3.63) is 82.8 Å². The number of hydrogen-bond acceptors (Lipinski definition) is 6. The first-order valence-corrected chi connectivity index (χ1v) is 12.1. The number of carbonyl (C=O) groups excluding carboxylic acids is 2. The molecule has 0 bridgehead atoms.